The standard InChI is InChI=1S/C37H49N9O2/c1-25-18-26(19-33(39-25)27-21-38-43(3)22-27)35(48)41-36-40-32-9-6-30(20-34(32)46(36)29-4-7-31(47)8-5-29)44-14-10-28(11-15-44)45-16-12-37(13-17-45)23-42(2)24-37/h6,9,18-22,28-29,31,47H,4-5,7-8,10-17,23-24H2,1-3H3,(H,40,41,48)/t29-,31+. The Morgan fingerprint density at radius 3 is 2.35 bits per heavy atom. The second kappa shape index (κ2) is 12.6. The molecule has 4 aliphatic rings. The largest absolute Gasteiger partial charge is 0.393 e. The number of carbonyl (C=O) groups is 1. The molecular formula is C37H49N9O2. The van der Waals surface area contributed by atoms with Gasteiger partial charge in [0.25, 0.3) is 5.91 Å². The van der Waals surface area contributed by atoms with Crippen molar-refractivity contribution in [3.05, 3.63) is 54.0 Å². The molecule has 1 spiro atoms. The number of aliphatic hydroxyl groups is 1. The zero-order valence-corrected chi connectivity index (χ0v) is 28.6. The summed E-state index contributed by atoms with van der Waals surface area (Å²) in [5.74, 6) is 0.346. The molecule has 3 saturated heterocycles. The van der Waals surface area contributed by atoms with Crippen LogP contribution in [0.15, 0.2) is 42.7 Å². The molecule has 0 bridgehead atoms. The van der Waals surface area contributed by atoms with Gasteiger partial charge in [-0.1, -0.05) is 0 Å². The highest BCUT2D eigenvalue weighted by molar-refractivity contribution is 6.05. The van der Waals surface area contributed by atoms with Crippen LogP contribution in [0.1, 0.15) is 73.5 Å². The minimum atomic E-state index is -0.267. The van der Waals surface area contributed by atoms with Crippen LogP contribution in [0.25, 0.3) is 22.3 Å². The molecule has 8 rings (SSSR count). The minimum Gasteiger partial charge on any atom is -0.393 e. The third kappa shape index (κ3) is 6.12. The fourth-order valence-corrected chi connectivity index (χ4v) is 8.99. The Bertz CT molecular complexity index is 1780. The van der Waals surface area contributed by atoms with Gasteiger partial charge >= 0.3 is 0 Å². The number of nitrogens with zero attached hydrogens (tertiary/aromatic N) is 8. The van der Waals surface area contributed by atoms with Crippen LogP contribution in [0.4, 0.5) is 11.6 Å². The van der Waals surface area contributed by atoms with E-state index in [-0.39, 0.29) is 18.1 Å². The van der Waals surface area contributed by atoms with Crippen LogP contribution in [-0.4, -0.2) is 104 Å². The summed E-state index contributed by atoms with van der Waals surface area (Å²) in [7, 11) is 4.12. The summed E-state index contributed by atoms with van der Waals surface area (Å²) >= 11 is 0. The lowest BCUT2D eigenvalue weighted by Crippen LogP contribution is -2.60. The maximum atomic E-state index is 13.8. The number of pyridine rings is 1. The van der Waals surface area contributed by atoms with Crippen LogP contribution in [0.2, 0.25) is 0 Å². The van der Waals surface area contributed by atoms with E-state index >= 15 is 0 Å². The maximum absolute atomic E-state index is 13.8. The first-order valence-corrected chi connectivity index (χ1v) is 17.9. The fourth-order valence-electron chi connectivity index (χ4n) is 8.99. The zero-order valence-electron chi connectivity index (χ0n) is 28.6. The summed E-state index contributed by atoms with van der Waals surface area (Å²) in [6.07, 6.45) is 11.7. The van der Waals surface area contributed by atoms with Gasteiger partial charge in [-0.2, -0.15) is 5.10 Å². The Morgan fingerprint density at radius 2 is 1.67 bits per heavy atom. The summed E-state index contributed by atoms with van der Waals surface area (Å²) < 4.78 is 3.96. The van der Waals surface area contributed by atoms with E-state index in [1.807, 2.05) is 32.3 Å². The second-order valence-electron chi connectivity index (χ2n) is 15.1. The highest BCUT2D eigenvalue weighted by Gasteiger charge is 2.44. The number of carbonyl (C=O) groups excluding carboxylic acids is 1. The summed E-state index contributed by atoms with van der Waals surface area (Å²) in [6.45, 7) is 9.06. The van der Waals surface area contributed by atoms with Gasteiger partial charge in [-0.25, -0.2) is 4.98 Å². The molecule has 4 fully saturated rings. The highest BCUT2D eigenvalue weighted by atomic mass is 16.3. The number of benzene rings is 1. The average molecular weight is 652 g/mol. The van der Waals surface area contributed by atoms with Crippen LogP contribution in [0, 0.1) is 12.3 Å². The molecule has 4 aromatic rings. The first-order valence-electron chi connectivity index (χ1n) is 17.9. The van der Waals surface area contributed by atoms with Crippen LogP contribution in [0.5, 0.6) is 0 Å². The van der Waals surface area contributed by atoms with Crippen LogP contribution in [-0.2, 0) is 7.05 Å². The second-order valence-corrected chi connectivity index (χ2v) is 15.1. The summed E-state index contributed by atoms with van der Waals surface area (Å²) in [6, 6.07) is 11.0. The van der Waals surface area contributed by atoms with E-state index in [1.54, 1.807) is 10.9 Å². The molecule has 1 saturated carbocycles. The molecule has 254 valence electrons. The van der Waals surface area contributed by atoms with Gasteiger partial charge in [-0.15, -0.1) is 0 Å². The number of hydrogen-bond acceptors (Lipinski definition) is 8. The Kier molecular flexibility index (Phi) is 8.25. The molecule has 1 amide bonds. The van der Waals surface area contributed by atoms with E-state index in [9.17, 15) is 9.90 Å². The molecule has 6 heterocycles. The molecule has 1 aliphatic carbocycles. The van der Waals surface area contributed by atoms with Gasteiger partial charge in [-0.3, -0.25) is 19.8 Å². The number of anilines is 2. The predicted molar refractivity (Wildman–Crippen MR) is 188 cm³/mol. The van der Waals surface area contributed by atoms with Crippen molar-refractivity contribution in [2.75, 3.05) is 56.5 Å². The third-order valence-electron chi connectivity index (χ3n) is 11.6. The van der Waals surface area contributed by atoms with Gasteiger partial charge < -0.3 is 24.4 Å². The Hall–Kier alpha value is -3.80. The van der Waals surface area contributed by atoms with Gasteiger partial charge in [0.2, 0.25) is 5.95 Å². The first-order chi connectivity index (χ1) is 23.2. The van der Waals surface area contributed by atoms with Gasteiger partial charge in [0.1, 0.15) is 0 Å². The number of piperidine rings is 2. The SMILES string of the molecule is Cc1cc(C(=O)Nc2nc3ccc(N4CCC(N5CCC6(CC5)CN(C)C6)CC4)cc3n2[C@H]2CC[C@@H](O)CC2)cc(-c2cnn(C)c2)n1. The Morgan fingerprint density at radius 1 is 0.917 bits per heavy atom. The van der Waals surface area contributed by atoms with Crippen molar-refractivity contribution in [3.63, 3.8) is 0 Å². The normalized spacial score (nSPS) is 23.9. The predicted octanol–water partition coefficient (Wildman–Crippen LogP) is 4.86. The van der Waals surface area contributed by atoms with E-state index < -0.39 is 0 Å². The number of hydrogen-bond donors (Lipinski definition) is 2. The molecular weight excluding hydrogens is 602 g/mol. The number of fused-ring (bicyclic) bond motifs is 1. The summed E-state index contributed by atoms with van der Waals surface area (Å²) in [5.41, 5.74) is 6.61. The number of aliphatic hydroxyl groups excluding tert-OH is 1. The van der Waals surface area contributed by atoms with Gasteiger partial charge in [0.15, 0.2) is 0 Å². The number of nitrogens with one attached hydrogen (secondary N) is 1. The molecule has 0 radical (unpaired) electrons. The van der Waals surface area contributed by atoms with Crippen molar-refractivity contribution in [3.8, 4) is 11.3 Å². The van der Waals surface area contributed by atoms with Crippen LogP contribution >= 0.6 is 0 Å². The minimum absolute atomic E-state index is 0.151. The number of aromatic nitrogens is 5. The zero-order chi connectivity index (χ0) is 33.0. The molecule has 11 heteroatoms. The lowest BCUT2D eigenvalue weighted by atomic mass is 9.72. The van der Waals surface area contributed by atoms with E-state index in [0.29, 0.717) is 28.7 Å². The number of aryl methyl sites for hydroxylation is 2. The van der Waals surface area contributed by atoms with Crippen molar-refractivity contribution >= 4 is 28.6 Å². The van der Waals surface area contributed by atoms with Crippen molar-refractivity contribution in [1.82, 2.24) is 34.1 Å². The molecule has 3 aliphatic heterocycles. The number of amides is 1. The van der Waals surface area contributed by atoms with Crippen molar-refractivity contribution in [1.29, 1.82) is 0 Å². The summed E-state index contributed by atoms with van der Waals surface area (Å²) in [4.78, 5) is 31.2. The molecule has 0 atom stereocenters. The van der Waals surface area contributed by atoms with Crippen molar-refractivity contribution in [2.24, 2.45) is 12.5 Å². The Balaban J connectivity index is 1.02. The number of rotatable bonds is 6. The average Bonchev–Trinajstić information content (AvgIpc) is 3.67. The lowest BCUT2D eigenvalue weighted by molar-refractivity contribution is -0.0419. The molecule has 48 heavy (non-hydrogen) atoms. The number of likely N-dealkylation sites (tertiary alicyclic amines) is 2. The van der Waals surface area contributed by atoms with Gasteiger partial charge in [0.05, 0.1) is 29.0 Å². The fraction of sp³-hybridized carbons (Fsp3) is 0.568. The monoisotopic (exact) mass is 651 g/mol. The summed E-state index contributed by atoms with van der Waals surface area (Å²) in [5, 5.41) is 17.8. The Labute approximate surface area is 282 Å². The molecule has 1 aromatic carbocycles. The third-order valence-corrected chi connectivity index (χ3v) is 11.6. The van der Waals surface area contributed by atoms with E-state index in [1.165, 1.54) is 57.5 Å². The van der Waals surface area contributed by atoms with E-state index in [4.69, 9.17) is 4.98 Å². The topological polar surface area (TPSA) is 108 Å². The van der Waals surface area contributed by atoms with E-state index in [2.05, 4.69) is 59.9 Å². The molecule has 0 unspecified atom stereocenters. The van der Waals surface area contributed by atoms with Gasteiger partial charge in [-0.05, 0) is 114 Å². The van der Waals surface area contributed by atoms with Crippen molar-refractivity contribution in [2.45, 2.75) is 76.5 Å². The molecule has 2 N–H and O–H groups in total. The number of imidazole rings is 1. The van der Waals surface area contributed by atoms with Crippen molar-refractivity contribution < 1.29 is 9.90 Å². The highest BCUT2D eigenvalue weighted by Crippen LogP contribution is 2.41. The van der Waals surface area contributed by atoms with E-state index in [0.717, 1.165) is 61.1 Å². The first kappa shape index (κ1) is 31.5. The lowest BCUT2D eigenvalue weighted by Gasteiger charge is -2.54. The molecule has 11 nitrogen and oxygen atoms in total. The smallest absolute Gasteiger partial charge is 0.258 e. The van der Waals surface area contributed by atoms with Gasteiger partial charge in [0, 0.05) is 74.0 Å². The van der Waals surface area contributed by atoms with Crippen LogP contribution < -0.4 is 10.2 Å². The quantitative estimate of drug-likeness (QED) is 0.305. The van der Waals surface area contributed by atoms with Crippen LogP contribution in [0.3, 0.4) is 0 Å². The molecule has 3 aromatic heterocycles. The maximum Gasteiger partial charge on any atom is 0.258 e.